The van der Waals surface area contributed by atoms with Gasteiger partial charge in [-0.3, -0.25) is 4.79 Å². The van der Waals surface area contributed by atoms with E-state index in [-0.39, 0.29) is 18.3 Å². The standard InChI is InChI=1S/C11H16N2O2S.ClH/c1-7(10(14)15)6-12-11-13-8-4-2-3-5-9(8)16-11;/h7H,2-6H2,1H3,(H,12,13)(H,14,15);1H. The first-order chi connectivity index (χ1) is 7.66. The van der Waals surface area contributed by atoms with Crippen LogP contribution in [0.25, 0.3) is 0 Å². The molecule has 96 valence electrons. The summed E-state index contributed by atoms with van der Waals surface area (Å²) < 4.78 is 0. The number of aromatic nitrogens is 1. The van der Waals surface area contributed by atoms with E-state index in [1.54, 1.807) is 18.3 Å². The summed E-state index contributed by atoms with van der Waals surface area (Å²) in [5.41, 5.74) is 1.21. The fourth-order valence-corrected chi connectivity index (χ4v) is 2.81. The molecule has 1 unspecified atom stereocenters. The van der Waals surface area contributed by atoms with Crippen LogP contribution in [0.5, 0.6) is 0 Å². The Labute approximate surface area is 111 Å². The molecular formula is C11H17ClN2O2S. The summed E-state index contributed by atoms with van der Waals surface area (Å²) in [5.74, 6) is -1.14. The van der Waals surface area contributed by atoms with Crippen molar-refractivity contribution in [1.29, 1.82) is 0 Å². The van der Waals surface area contributed by atoms with Gasteiger partial charge in [0.15, 0.2) is 5.13 Å². The molecule has 0 saturated carbocycles. The van der Waals surface area contributed by atoms with Crippen molar-refractivity contribution in [1.82, 2.24) is 4.98 Å². The second kappa shape index (κ2) is 6.21. The molecule has 1 atom stereocenters. The van der Waals surface area contributed by atoms with Gasteiger partial charge < -0.3 is 10.4 Å². The van der Waals surface area contributed by atoms with Crippen LogP contribution in [0.1, 0.15) is 30.3 Å². The van der Waals surface area contributed by atoms with E-state index in [1.165, 1.54) is 23.4 Å². The lowest BCUT2D eigenvalue weighted by molar-refractivity contribution is -0.140. The van der Waals surface area contributed by atoms with Gasteiger partial charge in [-0.1, -0.05) is 6.92 Å². The fourth-order valence-electron chi connectivity index (χ4n) is 1.76. The first-order valence-corrected chi connectivity index (χ1v) is 6.43. The third-order valence-electron chi connectivity index (χ3n) is 2.83. The van der Waals surface area contributed by atoms with Gasteiger partial charge in [0.1, 0.15) is 0 Å². The molecule has 0 saturated heterocycles. The number of anilines is 1. The highest BCUT2D eigenvalue weighted by atomic mass is 35.5. The Balaban J connectivity index is 0.00000144. The van der Waals surface area contributed by atoms with Crippen LogP contribution in [0.3, 0.4) is 0 Å². The van der Waals surface area contributed by atoms with E-state index < -0.39 is 5.97 Å². The number of aryl methyl sites for hydroxylation is 2. The van der Waals surface area contributed by atoms with Crippen LogP contribution in [0.4, 0.5) is 5.13 Å². The van der Waals surface area contributed by atoms with E-state index in [2.05, 4.69) is 10.3 Å². The number of carboxylic acids is 1. The van der Waals surface area contributed by atoms with E-state index >= 15 is 0 Å². The van der Waals surface area contributed by atoms with Crippen molar-refractivity contribution in [2.75, 3.05) is 11.9 Å². The van der Waals surface area contributed by atoms with Crippen LogP contribution < -0.4 is 5.32 Å². The van der Waals surface area contributed by atoms with Gasteiger partial charge in [-0.15, -0.1) is 23.7 Å². The number of hydrogen-bond acceptors (Lipinski definition) is 4. The quantitative estimate of drug-likeness (QED) is 0.887. The van der Waals surface area contributed by atoms with Gasteiger partial charge in [0.25, 0.3) is 0 Å². The number of nitrogens with zero attached hydrogens (tertiary/aromatic N) is 1. The van der Waals surface area contributed by atoms with Crippen molar-refractivity contribution >= 4 is 34.8 Å². The summed E-state index contributed by atoms with van der Waals surface area (Å²) in [6, 6.07) is 0. The van der Waals surface area contributed by atoms with Crippen molar-refractivity contribution in [3.63, 3.8) is 0 Å². The molecule has 1 aliphatic carbocycles. The maximum absolute atomic E-state index is 10.7. The average molecular weight is 277 g/mol. The number of halogens is 1. The van der Waals surface area contributed by atoms with Gasteiger partial charge in [0.05, 0.1) is 11.6 Å². The smallest absolute Gasteiger partial charge is 0.308 e. The third-order valence-corrected chi connectivity index (χ3v) is 3.94. The maximum Gasteiger partial charge on any atom is 0.308 e. The highest BCUT2D eigenvalue weighted by molar-refractivity contribution is 7.15. The van der Waals surface area contributed by atoms with Gasteiger partial charge in [-0.25, -0.2) is 4.98 Å². The molecule has 4 nitrogen and oxygen atoms in total. The Hall–Kier alpha value is -0.810. The van der Waals surface area contributed by atoms with Crippen LogP contribution in [0.2, 0.25) is 0 Å². The van der Waals surface area contributed by atoms with Crippen molar-refractivity contribution in [2.24, 2.45) is 5.92 Å². The summed E-state index contributed by atoms with van der Waals surface area (Å²) in [4.78, 5) is 16.5. The second-order valence-corrected chi connectivity index (χ2v) is 5.30. The lowest BCUT2D eigenvalue weighted by Crippen LogP contribution is -2.19. The Morgan fingerprint density at radius 1 is 1.53 bits per heavy atom. The lowest BCUT2D eigenvalue weighted by Gasteiger charge is -2.06. The van der Waals surface area contributed by atoms with E-state index in [9.17, 15) is 4.79 Å². The molecule has 0 bridgehead atoms. The van der Waals surface area contributed by atoms with Crippen LogP contribution in [-0.4, -0.2) is 22.6 Å². The van der Waals surface area contributed by atoms with Gasteiger partial charge in [-0.2, -0.15) is 0 Å². The van der Waals surface area contributed by atoms with Crippen molar-refractivity contribution in [2.45, 2.75) is 32.6 Å². The van der Waals surface area contributed by atoms with E-state index in [4.69, 9.17) is 5.11 Å². The van der Waals surface area contributed by atoms with E-state index in [0.29, 0.717) is 6.54 Å². The Bertz CT molecular complexity index is 371. The molecule has 0 radical (unpaired) electrons. The normalized spacial score (nSPS) is 15.6. The number of hydrogen-bond donors (Lipinski definition) is 2. The first kappa shape index (κ1) is 14.3. The van der Waals surface area contributed by atoms with Crippen molar-refractivity contribution < 1.29 is 9.90 Å². The maximum atomic E-state index is 10.7. The molecule has 2 rings (SSSR count). The monoisotopic (exact) mass is 276 g/mol. The minimum absolute atomic E-state index is 0. The molecule has 0 amide bonds. The van der Waals surface area contributed by atoms with Crippen LogP contribution in [0, 0.1) is 5.92 Å². The van der Waals surface area contributed by atoms with Crippen LogP contribution in [0.15, 0.2) is 0 Å². The molecule has 0 aromatic carbocycles. The Morgan fingerprint density at radius 2 is 2.24 bits per heavy atom. The van der Waals surface area contributed by atoms with E-state index in [1.807, 2.05) is 0 Å². The number of carboxylic acid groups (broad SMARTS) is 1. The number of thiazole rings is 1. The molecule has 1 heterocycles. The molecule has 17 heavy (non-hydrogen) atoms. The Kier molecular flexibility index (Phi) is 5.21. The molecule has 1 aliphatic rings. The molecule has 1 aromatic rings. The predicted octanol–water partition coefficient (Wildman–Crippen LogP) is 2.58. The zero-order valence-corrected chi connectivity index (χ0v) is 11.4. The summed E-state index contributed by atoms with van der Waals surface area (Å²) in [6.45, 7) is 2.14. The molecule has 0 aliphatic heterocycles. The number of carbonyl (C=O) groups is 1. The zero-order chi connectivity index (χ0) is 11.5. The van der Waals surface area contributed by atoms with E-state index in [0.717, 1.165) is 18.0 Å². The average Bonchev–Trinajstić information content (AvgIpc) is 2.68. The molecule has 6 heteroatoms. The number of nitrogens with one attached hydrogen (secondary N) is 1. The summed E-state index contributed by atoms with van der Waals surface area (Å²) in [5, 5.41) is 12.7. The first-order valence-electron chi connectivity index (χ1n) is 5.62. The van der Waals surface area contributed by atoms with Crippen molar-refractivity contribution in [3.8, 4) is 0 Å². The second-order valence-electron chi connectivity index (χ2n) is 4.22. The molecule has 1 aromatic heterocycles. The molecule has 0 spiro atoms. The zero-order valence-electron chi connectivity index (χ0n) is 9.73. The van der Waals surface area contributed by atoms with Gasteiger partial charge >= 0.3 is 5.97 Å². The number of fused-ring (bicyclic) bond motifs is 1. The number of aliphatic carboxylic acids is 1. The van der Waals surface area contributed by atoms with Gasteiger partial charge in [-0.05, 0) is 25.7 Å². The predicted molar refractivity (Wildman–Crippen MR) is 71.3 cm³/mol. The van der Waals surface area contributed by atoms with Crippen LogP contribution >= 0.6 is 23.7 Å². The fraction of sp³-hybridized carbons (Fsp3) is 0.636. The summed E-state index contributed by atoms with van der Waals surface area (Å²) in [6.07, 6.45) is 4.67. The van der Waals surface area contributed by atoms with Crippen molar-refractivity contribution in [3.05, 3.63) is 10.6 Å². The number of rotatable bonds is 4. The highest BCUT2D eigenvalue weighted by Gasteiger charge is 2.16. The van der Waals surface area contributed by atoms with Gasteiger partial charge in [0, 0.05) is 11.4 Å². The third kappa shape index (κ3) is 3.57. The summed E-state index contributed by atoms with van der Waals surface area (Å²) in [7, 11) is 0. The minimum Gasteiger partial charge on any atom is -0.481 e. The molecule has 0 fully saturated rings. The lowest BCUT2D eigenvalue weighted by atomic mass is 10.0. The van der Waals surface area contributed by atoms with Gasteiger partial charge in [0.2, 0.25) is 0 Å². The highest BCUT2D eigenvalue weighted by Crippen LogP contribution is 2.29. The Morgan fingerprint density at radius 3 is 2.88 bits per heavy atom. The van der Waals surface area contributed by atoms with Crippen LogP contribution in [-0.2, 0) is 17.6 Å². The SMILES string of the molecule is CC(CNc1nc2c(s1)CCCC2)C(=O)O.Cl. The minimum atomic E-state index is -0.770. The largest absolute Gasteiger partial charge is 0.481 e. The molecular weight excluding hydrogens is 260 g/mol. The molecule has 2 N–H and O–H groups in total. The summed E-state index contributed by atoms with van der Waals surface area (Å²) >= 11 is 1.67. The topological polar surface area (TPSA) is 62.2 Å².